The van der Waals surface area contributed by atoms with Gasteiger partial charge in [0.05, 0.1) is 5.92 Å². The average molecular weight is 180 g/mol. The standard InChI is InChI=1S/C10H16N2O/c1-7-5-12(6-7)10(13)9-4-11-3-8(9)2/h8-9,11H,1,3-6H2,2H3/t8-,9-/m1/s1. The van der Waals surface area contributed by atoms with E-state index >= 15 is 0 Å². The summed E-state index contributed by atoms with van der Waals surface area (Å²) >= 11 is 0. The molecule has 0 aromatic rings. The van der Waals surface area contributed by atoms with Crippen molar-refractivity contribution in [2.45, 2.75) is 6.92 Å². The summed E-state index contributed by atoms with van der Waals surface area (Å²) in [6, 6.07) is 0. The van der Waals surface area contributed by atoms with E-state index in [9.17, 15) is 4.79 Å². The molecule has 2 heterocycles. The Labute approximate surface area is 78.8 Å². The van der Waals surface area contributed by atoms with Gasteiger partial charge < -0.3 is 10.2 Å². The van der Waals surface area contributed by atoms with Crippen LogP contribution in [0.2, 0.25) is 0 Å². The molecular formula is C10H16N2O. The van der Waals surface area contributed by atoms with Crippen molar-refractivity contribution in [1.29, 1.82) is 0 Å². The number of nitrogens with one attached hydrogen (secondary N) is 1. The second-order valence-electron chi connectivity index (χ2n) is 4.19. The van der Waals surface area contributed by atoms with E-state index in [1.165, 1.54) is 5.57 Å². The fourth-order valence-electron chi connectivity index (χ4n) is 2.02. The molecule has 2 fully saturated rings. The predicted octanol–water partition coefficient (Wildman–Crippen LogP) is 0.240. The number of nitrogens with zero attached hydrogens (tertiary/aromatic N) is 1. The Morgan fingerprint density at radius 2 is 2.23 bits per heavy atom. The number of likely N-dealkylation sites (tertiary alicyclic amines) is 1. The Balaban J connectivity index is 1.93. The molecule has 2 atom stereocenters. The first-order valence-corrected chi connectivity index (χ1v) is 4.84. The first-order valence-electron chi connectivity index (χ1n) is 4.84. The van der Waals surface area contributed by atoms with E-state index in [4.69, 9.17) is 0 Å². The van der Waals surface area contributed by atoms with Gasteiger partial charge in [0.2, 0.25) is 5.91 Å². The number of amides is 1. The Bertz CT molecular complexity index is 241. The molecule has 3 heteroatoms. The smallest absolute Gasteiger partial charge is 0.227 e. The summed E-state index contributed by atoms with van der Waals surface area (Å²) in [7, 11) is 0. The highest BCUT2D eigenvalue weighted by Gasteiger charge is 2.35. The molecule has 2 aliphatic rings. The lowest BCUT2D eigenvalue weighted by Crippen LogP contribution is -2.48. The lowest BCUT2D eigenvalue weighted by atomic mass is 9.95. The van der Waals surface area contributed by atoms with Gasteiger partial charge in [0, 0.05) is 19.6 Å². The Kier molecular flexibility index (Phi) is 2.12. The maximum atomic E-state index is 11.8. The maximum Gasteiger partial charge on any atom is 0.227 e. The fraction of sp³-hybridized carbons (Fsp3) is 0.700. The van der Waals surface area contributed by atoms with Crippen molar-refractivity contribution in [1.82, 2.24) is 10.2 Å². The van der Waals surface area contributed by atoms with Gasteiger partial charge in [-0.3, -0.25) is 4.79 Å². The molecule has 0 bridgehead atoms. The van der Waals surface area contributed by atoms with Crippen LogP contribution in [0.4, 0.5) is 0 Å². The SMILES string of the molecule is C=C1CN(C(=O)[C@@H]2CNC[C@H]2C)C1. The molecule has 0 spiro atoms. The minimum atomic E-state index is 0.202. The van der Waals surface area contributed by atoms with Gasteiger partial charge in [0.15, 0.2) is 0 Å². The van der Waals surface area contributed by atoms with Crippen molar-refractivity contribution in [3.8, 4) is 0 Å². The van der Waals surface area contributed by atoms with Crippen molar-refractivity contribution < 1.29 is 4.79 Å². The van der Waals surface area contributed by atoms with Crippen molar-refractivity contribution in [2.75, 3.05) is 26.2 Å². The van der Waals surface area contributed by atoms with Crippen LogP contribution >= 0.6 is 0 Å². The topological polar surface area (TPSA) is 32.3 Å². The molecular weight excluding hydrogens is 164 g/mol. The fourth-order valence-corrected chi connectivity index (χ4v) is 2.02. The zero-order chi connectivity index (χ0) is 9.42. The van der Waals surface area contributed by atoms with Crippen molar-refractivity contribution in [3.05, 3.63) is 12.2 Å². The third-order valence-corrected chi connectivity index (χ3v) is 2.98. The Morgan fingerprint density at radius 3 is 2.69 bits per heavy atom. The van der Waals surface area contributed by atoms with Gasteiger partial charge in [-0.1, -0.05) is 13.5 Å². The minimum Gasteiger partial charge on any atom is -0.334 e. The van der Waals surface area contributed by atoms with Gasteiger partial charge in [0.1, 0.15) is 0 Å². The minimum absolute atomic E-state index is 0.202. The largest absolute Gasteiger partial charge is 0.334 e. The monoisotopic (exact) mass is 180 g/mol. The molecule has 13 heavy (non-hydrogen) atoms. The highest BCUT2D eigenvalue weighted by Crippen LogP contribution is 2.22. The molecule has 2 rings (SSSR count). The lowest BCUT2D eigenvalue weighted by Gasteiger charge is -2.35. The molecule has 0 saturated carbocycles. The van der Waals surface area contributed by atoms with Crippen LogP contribution in [0.25, 0.3) is 0 Å². The molecule has 0 radical (unpaired) electrons. The third kappa shape index (κ3) is 1.48. The number of hydrogen-bond donors (Lipinski definition) is 1. The van der Waals surface area contributed by atoms with Gasteiger partial charge in [-0.15, -0.1) is 0 Å². The quantitative estimate of drug-likeness (QED) is 0.586. The van der Waals surface area contributed by atoms with Crippen LogP contribution in [0.3, 0.4) is 0 Å². The summed E-state index contributed by atoms with van der Waals surface area (Å²) < 4.78 is 0. The van der Waals surface area contributed by atoms with Crippen LogP contribution in [-0.4, -0.2) is 37.0 Å². The molecule has 1 N–H and O–H groups in total. The maximum absolute atomic E-state index is 11.8. The van der Waals surface area contributed by atoms with Crippen LogP contribution in [0, 0.1) is 11.8 Å². The zero-order valence-corrected chi connectivity index (χ0v) is 8.05. The molecule has 0 aliphatic carbocycles. The van der Waals surface area contributed by atoms with Crippen molar-refractivity contribution >= 4 is 5.91 Å². The molecule has 3 nitrogen and oxygen atoms in total. The summed E-state index contributed by atoms with van der Waals surface area (Å²) in [5.74, 6) is 0.999. The summed E-state index contributed by atoms with van der Waals surface area (Å²) in [5.41, 5.74) is 1.17. The molecule has 72 valence electrons. The van der Waals surface area contributed by atoms with Crippen molar-refractivity contribution in [2.24, 2.45) is 11.8 Å². The van der Waals surface area contributed by atoms with Gasteiger partial charge in [-0.2, -0.15) is 0 Å². The van der Waals surface area contributed by atoms with Gasteiger partial charge >= 0.3 is 0 Å². The van der Waals surface area contributed by atoms with Crippen LogP contribution in [0.1, 0.15) is 6.92 Å². The van der Waals surface area contributed by atoms with Gasteiger partial charge in [0.25, 0.3) is 0 Å². The molecule has 0 aromatic carbocycles. The number of hydrogen-bond acceptors (Lipinski definition) is 2. The summed E-state index contributed by atoms with van der Waals surface area (Å²) in [6.45, 7) is 9.35. The molecule has 0 unspecified atom stereocenters. The van der Waals surface area contributed by atoms with Crippen LogP contribution in [0.5, 0.6) is 0 Å². The number of carbonyl (C=O) groups excluding carboxylic acids is 1. The highest BCUT2D eigenvalue weighted by molar-refractivity contribution is 5.81. The van der Waals surface area contributed by atoms with E-state index in [0.717, 1.165) is 26.2 Å². The van der Waals surface area contributed by atoms with E-state index in [0.29, 0.717) is 11.8 Å². The van der Waals surface area contributed by atoms with E-state index in [1.807, 2.05) is 4.90 Å². The molecule has 2 aliphatic heterocycles. The first kappa shape index (κ1) is 8.75. The predicted molar refractivity (Wildman–Crippen MR) is 51.2 cm³/mol. The van der Waals surface area contributed by atoms with E-state index in [2.05, 4.69) is 18.8 Å². The van der Waals surface area contributed by atoms with E-state index < -0.39 is 0 Å². The molecule has 2 saturated heterocycles. The van der Waals surface area contributed by atoms with Gasteiger partial charge in [-0.25, -0.2) is 0 Å². The Hall–Kier alpha value is -0.830. The average Bonchev–Trinajstić information content (AvgIpc) is 2.44. The number of carbonyl (C=O) groups is 1. The van der Waals surface area contributed by atoms with E-state index in [-0.39, 0.29) is 5.92 Å². The van der Waals surface area contributed by atoms with Crippen molar-refractivity contribution in [3.63, 3.8) is 0 Å². The summed E-state index contributed by atoms with van der Waals surface area (Å²) in [4.78, 5) is 13.7. The normalized spacial score (nSPS) is 33.3. The highest BCUT2D eigenvalue weighted by atomic mass is 16.2. The Morgan fingerprint density at radius 1 is 1.54 bits per heavy atom. The summed E-state index contributed by atoms with van der Waals surface area (Å²) in [6.07, 6.45) is 0. The van der Waals surface area contributed by atoms with E-state index in [1.54, 1.807) is 0 Å². The van der Waals surface area contributed by atoms with Crippen LogP contribution < -0.4 is 5.32 Å². The molecule has 1 amide bonds. The second-order valence-corrected chi connectivity index (χ2v) is 4.19. The summed E-state index contributed by atoms with van der Waals surface area (Å²) in [5, 5.41) is 3.25. The lowest BCUT2D eigenvalue weighted by molar-refractivity contribution is -0.137. The third-order valence-electron chi connectivity index (χ3n) is 2.98. The first-order chi connectivity index (χ1) is 6.18. The second kappa shape index (κ2) is 3.14. The van der Waals surface area contributed by atoms with Crippen LogP contribution in [0.15, 0.2) is 12.2 Å². The number of rotatable bonds is 1. The van der Waals surface area contributed by atoms with Crippen LogP contribution in [-0.2, 0) is 4.79 Å². The zero-order valence-electron chi connectivity index (χ0n) is 8.05. The molecule has 0 aromatic heterocycles. The van der Waals surface area contributed by atoms with Gasteiger partial charge in [-0.05, 0) is 18.0 Å².